The average molecular weight is 549 g/mol. The first-order valence-corrected chi connectivity index (χ1v) is 14.5. The topological polar surface area (TPSA) is 93.2 Å². The average Bonchev–Trinajstić information content (AvgIpc) is 2.80. The number of thioether (sulfide) groups is 1. The number of benzene rings is 1. The van der Waals surface area contributed by atoms with E-state index in [1.54, 1.807) is 16.7 Å². The molecule has 1 heterocycles. The van der Waals surface area contributed by atoms with Crippen molar-refractivity contribution in [3.63, 3.8) is 0 Å². The molecule has 0 aromatic heterocycles. The van der Waals surface area contributed by atoms with E-state index in [1.807, 2.05) is 19.2 Å². The number of carbonyl (C=O) groups excluding carboxylic acids is 3. The van der Waals surface area contributed by atoms with Crippen molar-refractivity contribution in [1.82, 2.24) is 20.0 Å². The lowest BCUT2D eigenvalue weighted by Gasteiger charge is -2.34. The van der Waals surface area contributed by atoms with Crippen LogP contribution in [0.15, 0.2) is 12.1 Å². The zero-order valence-electron chi connectivity index (χ0n) is 24.8. The molecule has 0 aliphatic carbocycles. The van der Waals surface area contributed by atoms with Gasteiger partial charge in [-0.2, -0.15) is 0 Å². The molecular weight excluding hydrogens is 500 g/mol. The second-order valence-corrected chi connectivity index (χ2v) is 13.7. The Morgan fingerprint density at radius 1 is 1.00 bits per heavy atom. The molecule has 1 unspecified atom stereocenters. The molecule has 2 N–H and O–H groups in total. The van der Waals surface area contributed by atoms with Crippen molar-refractivity contribution in [1.29, 1.82) is 0 Å². The summed E-state index contributed by atoms with van der Waals surface area (Å²) in [4.78, 5) is 43.4. The molecule has 38 heavy (non-hydrogen) atoms. The fourth-order valence-electron chi connectivity index (χ4n) is 4.50. The summed E-state index contributed by atoms with van der Waals surface area (Å²) < 4.78 is 0. The monoisotopic (exact) mass is 548 g/mol. The maximum absolute atomic E-state index is 13.3. The highest BCUT2D eigenvalue weighted by Gasteiger charge is 2.28. The number of nitrogens with one attached hydrogen (secondary N) is 1. The number of hydrogen-bond acceptors (Lipinski definition) is 6. The second kappa shape index (κ2) is 13.2. The Hall–Kier alpha value is -2.26. The number of phenols is 1. The molecule has 1 fully saturated rings. The van der Waals surface area contributed by atoms with Crippen LogP contribution < -0.4 is 5.32 Å². The lowest BCUT2D eigenvalue weighted by molar-refractivity contribution is -0.134. The summed E-state index contributed by atoms with van der Waals surface area (Å²) in [6, 6.07) is 3.12. The highest BCUT2D eigenvalue weighted by Crippen LogP contribution is 2.39. The summed E-state index contributed by atoms with van der Waals surface area (Å²) in [5.41, 5.74) is 2.32. The molecule has 0 spiro atoms. The third kappa shape index (κ3) is 9.19. The van der Waals surface area contributed by atoms with Gasteiger partial charge >= 0.3 is 6.03 Å². The fraction of sp³-hybridized carbons (Fsp3) is 0.690. The first-order valence-electron chi connectivity index (χ1n) is 13.5. The Balaban J connectivity index is 2.20. The molecule has 1 atom stereocenters. The number of rotatable bonds is 8. The Morgan fingerprint density at radius 3 is 2.00 bits per heavy atom. The van der Waals surface area contributed by atoms with Crippen LogP contribution in [-0.2, 0) is 26.8 Å². The van der Waals surface area contributed by atoms with Crippen LogP contribution in [0.1, 0.15) is 72.1 Å². The van der Waals surface area contributed by atoms with Crippen molar-refractivity contribution < 1.29 is 19.5 Å². The zero-order chi connectivity index (χ0) is 28.8. The van der Waals surface area contributed by atoms with Gasteiger partial charge in [0, 0.05) is 51.9 Å². The van der Waals surface area contributed by atoms with Crippen LogP contribution >= 0.6 is 11.8 Å². The SMILES string of the molecule is CC(=O)SCCN(CCc1cc(C(C)(C)C)c(O)c(C(C)(C)C)c1)C(=O)NC(C)C(=O)N1CCN(C)CC1. The Morgan fingerprint density at radius 2 is 1.53 bits per heavy atom. The molecule has 9 heteroatoms. The van der Waals surface area contributed by atoms with Gasteiger partial charge < -0.3 is 25.1 Å². The third-order valence-electron chi connectivity index (χ3n) is 6.94. The number of carbonyl (C=O) groups is 3. The summed E-state index contributed by atoms with van der Waals surface area (Å²) in [5, 5.41) is 13.9. The first kappa shape index (κ1) is 32.0. The normalized spacial score (nSPS) is 15.8. The van der Waals surface area contributed by atoms with Crippen molar-refractivity contribution in [2.24, 2.45) is 0 Å². The van der Waals surface area contributed by atoms with Crippen LogP contribution in [0, 0.1) is 0 Å². The quantitative estimate of drug-likeness (QED) is 0.511. The third-order valence-corrected chi connectivity index (χ3v) is 7.73. The number of likely N-dealkylation sites (N-methyl/N-ethyl adjacent to an activating group) is 1. The van der Waals surface area contributed by atoms with E-state index < -0.39 is 6.04 Å². The van der Waals surface area contributed by atoms with Crippen LogP contribution in [0.5, 0.6) is 5.75 Å². The molecule has 3 amide bonds. The lowest BCUT2D eigenvalue weighted by atomic mass is 9.78. The van der Waals surface area contributed by atoms with Gasteiger partial charge in [0.25, 0.3) is 0 Å². The second-order valence-electron chi connectivity index (χ2n) is 12.4. The number of hydrogen-bond donors (Lipinski definition) is 2. The largest absolute Gasteiger partial charge is 0.507 e. The predicted molar refractivity (Wildman–Crippen MR) is 156 cm³/mol. The van der Waals surface area contributed by atoms with Gasteiger partial charge in [0.05, 0.1) is 0 Å². The van der Waals surface area contributed by atoms with Crippen LogP contribution in [0.4, 0.5) is 4.79 Å². The van der Waals surface area contributed by atoms with Gasteiger partial charge in [-0.1, -0.05) is 65.4 Å². The van der Waals surface area contributed by atoms with Gasteiger partial charge in [0.1, 0.15) is 11.8 Å². The fourth-order valence-corrected chi connectivity index (χ4v) is 5.10. The smallest absolute Gasteiger partial charge is 0.318 e. The Labute approximate surface area is 233 Å². The molecule has 1 saturated heterocycles. The van der Waals surface area contributed by atoms with Gasteiger partial charge in [0.15, 0.2) is 5.12 Å². The van der Waals surface area contributed by atoms with Gasteiger partial charge in [0.2, 0.25) is 5.91 Å². The minimum absolute atomic E-state index is 0.00661. The number of urea groups is 1. The van der Waals surface area contributed by atoms with E-state index in [-0.39, 0.29) is 27.9 Å². The van der Waals surface area contributed by atoms with Crippen LogP contribution in [0.25, 0.3) is 0 Å². The van der Waals surface area contributed by atoms with E-state index in [2.05, 4.69) is 51.8 Å². The number of amides is 3. The van der Waals surface area contributed by atoms with Crippen LogP contribution in [0.2, 0.25) is 0 Å². The van der Waals surface area contributed by atoms with Crippen LogP contribution in [0.3, 0.4) is 0 Å². The molecule has 0 saturated carbocycles. The highest BCUT2D eigenvalue weighted by molar-refractivity contribution is 8.13. The standard InChI is InChI=1S/C29H48N4O4S/c1-20(26(36)32-14-12-31(9)13-15-32)30-27(37)33(16-17-38-21(2)34)11-10-22-18-23(28(3,4)5)25(35)24(19-22)29(6,7)8/h18-20,35H,10-17H2,1-9H3,(H,30,37). The molecule has 1 aromatic rings. The first-order chi connectivity index (χ1) is 17.5. The summed E-state index contributed by atoms with van der Waals surface area (Å²) in [7, 11) is 2.03. The summed E-state index contributed by atoms with van der Waals surface area (Å²) in [5.74, 6) is 0.740. The van der Waals surface area contributed by atoms with Crippen molar-refractivity contribution in [2.75, 3.05) is 52.1 Å². The van der Waals surface area contributed by atoms with Crippen LogP contribution in [-0.4, -0.2) is 95.0 Å². The van der Waals surface area contributed by atoms with E-state index >= 15 is 0 Å². The van der Waals surface area contributed by atoms with Crippen molar-refractivity contribution in [2.45, 2.75) is 78.7 Å². The molecule has 1 aliphatic heterocycles. The number of aromatic hydroxyl groups is 1. The van der Waals surface area contributed by atoms with E-state index in [4.69, 9.17) is 0 Å². The lowest BCUT2D eigenvalue weighted by Crippen LogP contribution is -2.55. The maximum Gasteiger partial charge on any atom is 0.318 e. The van der Waals surface area contributed by atoms with Gasteiger partial charge in [-0.25, -0.2) is 4.79 Å². The van der Waals surface area contributed by atoms with Crippen molar-refractivity contribution >= 4 is 28.8 Å². The summed E-state index contributed by atoms with van der Waals surface area (Å²) in [6.07, 6.45) is 0.589. The molecule has 1 aliphatic rings. The van der Waals surface area contributed by atoms with E-state index in [9.17, 15) is 19.5 Å². The molecule has 0 radical (unpaired) electrons. The number of piperazine rings is 1. The number of phenolic OH excluding ortho intramolecular Hbond substituents is 1. The molecule has 1 aromatic carbocycles. The van der Waals surface area contributed by atoms with E-state index in [0.717, 1.165) is 29.8 Å². The molecule has 0 bridgehead atoms. The Kier molecular flexibility index (Phi) is 11.1. The van der Waals surface area contributed by atoms with Crippen molar-refractivity contribution in [3.05, 3.63) is 28.8 Å². The maximum atomic E-state index is 13.3. The minimum Gasteiger partial charge on any atom is -0.507 e. The minimum atomic E-state index is -0.637. The predicted octanol–water partition coefficient (Wildman–Crippen LogP) is 3.98. The number of nitrogens with zero attached hydrogens (tertiary/aromatic N) is 3. The summed E-state index contributed by atoms with van der Waals surface area (Å²) in [6.45, 7) is 19.5. The van der Waals surface area contributed by atoms with Crippen molar-refractivity contribution in [3.8, 4) is 5.75 Å². The van der Waals surface area contributed by atoms with Gasteiger partial charge in [-0.15, -0.1) is 0 Å². The highest BCUT2D eigenvalue weighted by atomic mass is 32.2. The van der Waals surface area contributed by atoms with E-state index in [1.165, 1.54) is 18.7 Å². The molecule has 214 valence electrons. The Bertz CT molecular complexity index is 956. The van der Waals surface area contributed by atoms with E-state index in [0.29, 0.717) is 44.1 Å². The molecule has 2 rings (SSSR count). The van der Waals surface area contributed by atoms with Gasteiger partial charge in [-0.3, -0.25) is 9.59 Å². The zero-order valence-corrected chi connectivity index (χ0v) is 25.6. The van der Waals surface area contributed by atoms with Gasteiger partial charge in [-0.05, 0) is 47.9 Å². The molecular formula is C29H48N4O4S. The summed E-state index contributed by atoms with van der Waals surface area (Å²) >= 11 is 1.19. The molecule has 8 nitrogen and oxygen atoms in total.